The van der Waals surface area contributed by atoms with Gasteiger partial charge >= 0.3 is 0 Å². The summed E-state index contributed by atoms with van der Waals surface area (Å²) in [4.78, 5) is 15.7. The number of hydrogen-bond acceptors (Lipinski definition) is 7. The van der Waals surface area contributed by atoms with Crippen LogP contribution in [0.25, 0.3) is 11.1 Å². The van der Waals surface area contributed by atoms with Gasteiger partial charge in [0.2, 0.25) is 0 Å². The van der Waals surface area contributed by atoms with Gasteiger partial charge in [-0.2, -0.15) is 0 Å². The van der Waals surface area contributed by atoms with Crippen LogP contribution in [0, 0.1) is 13.8 Å². The van der Waals surface area contributed by atoms with Gasteiger partial charge in [-0.05, 0) is 30.5 Å². The number of aldehydes is 1. The molecule has 0 spiro atoms. The minimum absolute atomic E-state index is 0.370. The quantitative estimate of drug-likeness (QED) is 0.617. The van der Waals surface area contributed by atoms with Gasteiger partial charge in [0, 0.05) is 24.4 Å². The highest BCUT2D eigenvalue weighted by Gasteiger charge is 2.16. The molecule has 1 aromatic heterocycles. The molecule has 0 bridgehead atoms. The molecule has 0 fully saturated rings. The molecule has 0 radical (unpaired) electrons. The molecule has 3 aromatic rings. The van der Waals surface area contributed by atoms with Crippen LogP contribution >= 0.6 is 0 Å². The van der Waals surface area contributed by atoms with Gasteiger partial charge in [-0.1, -0.05) is 48.5 Å². The lowest BCUT2D eigenvalue weighted by Gasteiger charge is -2.13. The third-order valence-electron chi connectivity index (χ3n) is 4.88. The van der Waals surface area contributed by atoms with E-state index < -0.39 is 0 Å². The van der Waals surface area contributed by atoms with Gasteiger partial charge in [0.1, 0.15) is 12.4 Å². The Morgan fingerprint density at radius 1 is 1.07 bits per heavy atom. The summed E-state index contributed by atoms with van der Waals surface area (Å²) in [6.07, 6.45) is 0.795. The number of ether oxygens (including phenoxy) is 1. The summed E-state index contributed by atoms with van der Waals surface area (Å²) in [7, 11) is 1.86. The van der Waals surface area contributed by atoms with Crippen molar-refractivity contribution in [2.75, 3.05) is 7.05 Å². The number of aromatic nitrogens is 1. The molecule has 2 heterocycles. The maximum atomic E-state index is 11.4. The average Bonchev–Trinajstić information content (AvgIpc) is 3.18. The molecule has 1 aliphatic rings. The monoisotopic (exact) mass is 401 g/mol. The van der Waals surface area contributed by atoms with Crippen molar-refractivity contribution in [2.24, 2.45) is 5.10 Å². The van der Waals surface area contributed by atoms with Crippen molar-refractivity contribution in [1.82, 2.24) is 21.1 Å². The fourth-order valence-electron chi connectivity index (χ4n) is 3.40. The maximum absolute atomic E-state index is 11.4. The summed E-state index contributed by atoms with van der Waals surface area (Å²) in [5.41, 5.74) is 12.2. The standard InChI is InChI=1S/C23H23N5O2/c1-15-12-22(21(13-29)16(2)24-15)30-14-17-8-10-18(11-9-17)19-6-4-5-7-20(19)23-25-27-28(3)26-23/h4-13,27H,14H2,1-3H3,(H,25,26). The van der Waals surface area contributed by atoms with E-state index in [0.29, 0.717) is 23.6 Å². The third kappa shape index (κ3) is 4.01. The van der Waals surface area contributed by atoms with E-state index in [0.717, 1.165) is 40.1 Å². The third-order valence-corrected chi connectivity index (χ3v) is 4.88. The first-order valence-electron chi connectivity index (χ1n) is 9.64. The molecule has 0 amide bonds. The van der Waals surface area contributed by atoms with Gasteiger partial charge in [0.25, 0.3) is 0 Å². The fraction of sp³-hybridized carbons (Fsp3) is 0.174. The Kier molecular flexibility index (Phi) is 5.45. The van der Waals surface area contributed by atoms with E-state index in [1.54, 1.807) is 11.2 Å². The second-order valence-electron chi connectivity index (χ2n) is 7.14. The van der Waals surface area contributed by atoms with Crippen molar-refractivity contribution in [3.63, 3.8) is 0 Å². The predicted molar refractivity (Wildman–Crippen MR) is 116 cm³/mol. The number of hydrogen-bond donors (Lipinski definition) is 2. The van der Waals surface area contributed by atoms with Crippen molar-refractivity contribution in [3.8, 4) is 16.9 Å². The summed E-state index contributed by atoms with van der Waals surface area (Å²) in [6, 6.07) is 18.1. The fourth-order valence-corrected chi connectivity index (χ4v) is 3.40. The molecule has 2 N–H and O–H groups in total. The number of nitrogens with zero attached hydrogens (tertiary/aromatic N) is 3. The molecule has 2 aromatic carbocycles. The summed E-state index contributed by atoms with van der Waals surface area (Å²) < 4.78 is 5.92. The van der Waals surface area contributed by atoms with E-state index in [-0.39, 0.29) is 0 Å². The molecular formula is C23H23N5O2. The second kappa shape index (κ2) is 8.34. The number of carbonyl (C=O) groups is 1. The molecule has 1 aliphatic heterocycles. The van der Waals surface area contributed by atoms with Gasteiger partial charge in [-0.25, -0.2) is 5.53 Å². The van der Waals surface area contributed by atoms with E-state index in [4.69, 9.17) is 4.74 Å². The molecule has 0 unspecified atom stereocenters. The largest absolute Gasteiger partial charge is 0.488 e. The lowest BCUT2D eigenvalue weighted by Crippen LogP contribution is -2.37. The number of aryl methyl sites for hydroxylation is 2. The van der Waals surface area contributed by atoms with Crippen LogP contribution in [-0.2, 0) is 6.61 Å². The van der Waals surface area contributed by atoms with E-state index >= 15 is 0 Å². The summed E-state index contributed by atoms with van der Waals surface area (Å²) in [6.45, 7) is 4.07. The van der Waals surface area contributed by atoms with Crippen LogP contribution < -0.4 is 15.7 Å². The van der Waals surface area contributed by atoms with E-state index in [1.165, 1.54) is 0 Å². The molecule has 30 heavy (non-hydrogen) atoms. The number of nitrogens with one attached hydrogen (secondary N) is 2. The molecule has 0 saturated heterocycles. The molecule has 4 rings (SSSR count). The Hall–Kier alpha value is -3.71. The average molecular weight is 401 g/mol. The molecule has 152 valence electrons. The highest BCUT2D eigenvalue weighted by Crippen LogP contribution is 2.26. The van der Waals surface area contributed by atoms with Gasteiger partial charge < -0.3 is 4.74 Å². The van der Waals surface area contributed by atoms with Crippen molar-refractivity contribution in [1.29, 1.82) is 0 Å². The van der Waals surface area contributed by atoms with Crippen LogP contribution in [0.5, 0.6) is 5.75 Å². The number of carbonyl (C=O) groups excluding carboxylic acids is 1. The molecule has 7 heteroatoms. The van der Waals surface area contributed by atoms with Crippen LogP contribution in [0.1, 0.15) is 32.9 Å². The normalized spacial score (nSPS) is 13.4. The van der Waals surface area contributed by atoms with Crippen LogP contribution in [-0.4, -0.2) is 29.3 Å². The minimum Gasteiger partial charge on any atom is -0.488 e. The zero-order valence-corrected chi connectivity index (χ0v) is 17.1. The highest BCUT2D eigenvalue weighted by molar-refractivity contribution is 6.04. The first-order chi connectivity index (χ1) is 14.5. The zero-order chi connectivity index (χ0) is 21.1. The molecule has 7 nitrogen and oxygen atoms in total. The number of rotatable bonds is 6. The van der Waals surface area contributed by atoms with E-state index in [9.17, 15) is 4.79 Å². The predicted octanol–water partition coefficient (Wildman–Crippen LogP) is 3.37. The van der Waals surface area contributed by atoms with Crippen molar-refractivity contribution >= 4 is 12.1 Å². The van der Waals surface area contributed by atoms with Crippen LogP contribution in [0.3, 0.4) is 0 Å². The highest BCUT2D eigenvalue weighted by atomic mass is 16.5. The Bertz CT molecular complexity index is 1110. The number of amidine groups is 1. The van der Waals surface area contributed by atoms with E-state index in [1.807, 2.05) is 51.2 Å². The minimum atomic E-state index is 0.370. The Morgan fingerprint density at radius 3 is 2.47 bits per heavy atom. The first kappa shape index (κ1) is 19.6. The van der Waals surface area contributed by atoms with Crippen molar-refractivity contribution in [3.05, 3.63) is 82.7 Å². The smallest absolute Gasteiger partial charge is 0.171 e. The Labute approximate surface area is 175 Å². The number of hydrazone groups is 1. The SMILES string of the molecule is Cc1cc(OCc2ccc(-c3ccccc3C3=NNN(C)N3)cc2)c(C=O)c(C)n1. The van der Waals surface area contributed by atoms with Crippen LogP contribution in [0.15, 0.2) is 59.7 Å². The van der Waals surface area contributed by atoms with E-state index in [2.05, 4.69) is 39.2 Å². The summed E-state index contributed by atoms with van der Waals surface area (Å²) in [5, 5.41) is 6.01. The van der Waals surface area contributed by atoms with Gasteiger partial charge in [0.05, 0.1) is 11.3 Å². The van der Waals surface area contributed by atoms with Gasteiger partial charge in [-0.3, -0.25) is 15.2 Å². The number of hydrazine groups is 2. The lowest BCUT2D eigenvalue weighted by molar-refractivity contribution is 0.111. The van der Waals surface area contributed by atoms with Crippen molar-refractivity contribution < 1.29 is 9.53 Å². The van der Waals surface area contributed by atoms with Crippen LogP contribution in [0.2, 0.25) is 0 Å². The molecule has 0 saturated carbocycles. The Balaban J connectivity index is 1.53. The number of benzene rings is 2. The van der Waals surface area contributed by atoms with Gasteiger partial charge in [0.15, 0.2) is 12.1 Å². The molecule has 0 atom stereocenters. The summed E-state index contributed by atoms with van der Waals surface area (Å²) >= 11 is 0. The first-order valence-corrected chi connectivity index (χ1v) is 9.64. The van der Waals surface area contributed by atoms with Gasteiger partial charge in [-0.15, -0.1) is 10.2 Å². The van der Waals surface area contributed by atoms with Crippen LogP contribution in [0.4, 0.5) is 0 Å². The molecular weight excluding hydrogens is 378 g/mol. The summed E-state index contributed by atoms with van der Waals surface area (Å²) in [5.74, 6) is 1.33. The molecule has 0 aliphatic carbocycles. The number of pyridine rings is 1. The second-order valence-corrected chi connectivity index (χ2v) is 7.14. The topological polar surface area (TPSA) is 78.9 Å². The Morgan fingerprint density at radius 2 is 1.80 bits per heavy atom. The maximum Gasteiger partial charge on any atom is 0.171 e. The van der Waals surface area contributed by atoms with Crippen molar-refractivity contribution in [2.45, 2.75) is 20.5 Å². The zero-order valence-electron chi connectivity index (χ0n) is 17.1. The lowest BCUT2D eigenvalue weighted by atomic mass is 9.98.